The van der Waals surface area contributed by atoms with Gasteiger partial charge in [-0.1, -0.05) is 6.07 Å². The maximum atomic E-state index is 12.8. The zero-order valence-electron chi connectivity index (χ0n) is 15.5. The highest BCUT2D eigenvalue weighted by molar-refractivity contribution is 6.01. The molecule has 7 nitrogen and oxygen atoms in total. The number of aryl methyl sites for hydroxylation is 1. The number of benzene rings is 1. The summed E-state index contributed by atoms with van der Waals surface area (Å²) in [6, 6.07) is 5.68. The van der Waals surface area contributed by atoms with Crippen molar-refractivity contribution in [1.29, 1.82) is 0 Å². The Bertz CT molecular complexity index is 725. The van der Waals surface area contributed by atoms with Gasteiger partial charge in [0, 0.05) is 46.1 Å². The number of anilines is 1. The van der Waals surface area contributed by atoms with E-state index in [1.165, 1.54) is 0 Å². The first-order valence-electron chi connectivity index (χ1n) is 8.90. The molecule has 1 aromatic carbocycles. The molecule has 1 aromatic rings. The van der Waals surface area contributed by atoms with Gasteiger partial charge in [0.15, 0.2) is 0 Å². The number of carbonyl (C=O) groups is 3. The van der Waals surface area contributed by atoms with Crippen LogP contribution in [0.1, 0.15) is 18.9 Å². The predicted molar refractivity (Wildman–Crippen MR) is 97.0 cm³/mol. The van der Waals surface area contributed by atoms with E-state index in [4.69, 9.17) is 4.74 Å². The molecule has 2 saturated heterocycles. The van der Waals surface area contributed by atoms with Crippen molar-refractivity contribution in [2.45, 2.75) is 20.3 Å². The van der Waals surface area contributed by atoms with Gasteiger partial charge in [0.2, 0.25) is 17.7 Å². The lowest BCUT2D eigenvalue weighted by molar-refractivity contribution is -0.141. The van der Waals surface area contributed by atoms with Crippen molar-refractivity contribution in [2.24, 2.45) is 5.92 Å². The Morgan fingerprint density at radius 3 is 2.38 bits per heavy atom. The van der Waals surface area contributed by atoms with Crippen LogP contribution < -0.4 is 9.64 Å². The third kappa shape index (κ3) is 3.52. The number of methoxy groups -OCH3 is 1. The molecule has 0 N–H and O–H groups in total. The van der Waals surface area contributed by atoms with Gasteiger partial charge in [-0.2, -0.15) is 0 Å². The molecule has 0 radical (unpaired) electrons. The topological polar surface area (TPSA) is 70.2 Å². The molecular weight excluding hydrogens is 334 g/mol. The second-order valence-electron chi connectivity index (χ2n) is 6.91. The first kappa shape index (κ1) is 18.2. The van der Waals surface area contributed by atoms with E-state index in [9.17, 15) is 14.4 Å². The SMILES string of the molecule is COc1ccc(C)cc1N1CC(C(=O)N2CCN(C(C)=O)CC2)CC1=O. The molecule has 2 fully saturated rings. The quantitative estimate of drug-likeness (QED) is 0.809. The Morgan fingerprint density at radius 1 is 1.12 bits per heavy atom. The number of ether oxygens (including phenoxy) is 1. The van der Waals surface area contributed by atoms with Gasteiger partial charge < -0.3 is 19.4 Å². The van der Waals surface area contributed by atoms with E-state index < -0.39 is 0 Å². The molecule has 2 heterocycles. The van der Waals surface area contributed by atoms with Gasteiger partial charge in [0.1, 0.15) is 5.75 Å². The Balaban J connectivity index is 1.69. The Kier molecular flexibility index (Phi) is 5.15. The summed E-state index contributed by atoms with van der Waals surface area (Å²) in [5.41, 5.74) is 1.75. The van der Waals surface area contributed by atoms with Crippen LogP contribution in [0.25, 0.3) is 0 Å². The van der Waals surface area contributed by atoms with Crippen LogP contribution in [-0.2, 0) is 14.4 Å². The molecular formula is C19H25N3O4. The van der Waals surface area contributed by atoms with Gasteiger partial charge in [-0.15, -0.1) is 0 Å². The van der Waals surface area contributed by atoms with Crippen molar-refractivity contribution in [1.82, 2.24) is 9.80 Å². The highest BCUT2D eigenvalue weighted by Crippen LogP contribution is 2.34. The van der Waals surface area contributed by atoms with Crippen LogP contribution in [0.4, 0.5) is 5.69 Å². The van der Waals surface area contributed by atoms with Crippen molar-refractivity contribution >= 4 is 23.4 Å². The fraction of sp³-hybridized carbons (Fsp3) is 0.526. The number of hydrogen-bond donors (Lipinski definition) is 0. The van der Waals surface area contributed by atoms with Crippen molar-refractivity contribution < 1.29 is 19.1 Å². The van der Waals surface area contributed by atoms with Gasteiger partial charge >= 0.3 is 0 Å². The van der Waals surface area contributed by atoms with Gasteiger partial charge in [0.25, 0.3) is 0 Å². The van der Waals surface area contributed by atoms with E-state index >= 15 is 0 Å². The average Bonchev–Trinajstić information content (AvgIpc) is 3.02. The maximum absolute atomic E-state index is 12.8. The third-order valence-corrected chi connectivity index (χ3v) is 5.14. The van der Waals surface area contributed by atoms with Crippen molar-refractivity contribution in [2.75, 3.05) is 44.7 Å². The first-order chi connectivity index (χ1) is 12.4. The predicted octanol–water partition coefficient (Wildman–Crippen LogP) is 1.05. The molecule has 1 atom stereocenters. The second-order valence-corrected chi connectivity index (χ2v) is 6.91. The third-order valence-electron chi connectivity index (χ3n) is 5.14. The van der Waals surface area contributed by atoms with E-state index in [1.807, 2.05) is 25.1 Å². The average molecular weight is 359 g/mol. The number of hydrogen-bond acceptors (Lipinski definition) is 4. The lowest BCUT2D eigenvalue weighted by atomic mass is 10.1. The highest BCUT2D eigenvalue weighted by atomic mass is 16.5. The lowest BCUT2D eigenvalue weighted by Gasteiger charge is -2.35. The molecule has 0 bridgehead atoms. The van der Waals surface area contributed by atoms with Crippen LogP contribution in [0.5, 0.6) is 5.75 Å². The van der Waals surface area contributed by atoms with Crippen LogP contribution in [0.3, 0.4) is 0 Å². The van der Waals surface area contributed by atoms with Crippen LogP contribution in [-0.4, -0.2) is 67.4 Å². The van der Waals surface area contributed by atoms with Gasteiger partial charge in [-0.25, -0.2) is 0 Å². The second kappa shape index (κ2) is 7.35. The van der Waals surface area contributed by atoms with E-state index in [0.717, 1.165) is 5.56 Å². The number of piperazine rings is 1. The summed E-state index contributed by atoms with van der Waals surface area (Å²) in [4.78, 5) is 42.0. The van der Waals surface area contributed by atoms with Gasteiger partial charge in [0.05, 0.1) is 18.7 Å². The summed E-state index contributed by atoms with van der Waals surface area (Å²) >= 11 is 0. The molecule has 1 unspecified atom stereocenters. The molecule has 3 rings (SSSR count). The highest BCUT2D eigenvalue weighted by Gasteiger charge is 2.38. The molecule has 0 spiro atoms. The summed E-state index contributed by atoms with van der Waals surface area (Å²) in [6.07, 6.45) is 0.211. The zero-order valence-corrected chi connectivity index (χ0v) is 15.5. The Labute approximate surface area is 153 Å². The molecule has 0 aromatic heterocycles. The van der Waals surface area contributed by atoms with Crippen molar-refractivity contribution in [3.05, 3.63) is 23.8 Å². The summed E-state index contributed by atoms with van der Waals surface area (Å²) < 4.78 is 5.38. The molecule has 0 saturated carbocycles. The number of carbonyl (C=O) groups excluding carboxylic acids is 3. The standard InChI is InChI=1S/C19H25N3O4/c1-13-4-5-17(26-3)16(10-13)22-12-15(11-18(22)24)19(25)21-8-6-20(7-9-21)14(2)23/h4-5,10,15H,6-9,11-12H2,1-3H3. The van der Waals surface area contributed by atoms with Crippen molar-refractivity contribution in [3.8, 4) is 5.75 Å². The summed E-state index contributed by atoms with van der Waals surface area (Å²) in [5, 5.41) is 0. The lowest BCUT2D eigenvalue weighted by Crippen LogP contribution is -2.51. The molecule has 26 heavy (non-hydrogen) atoms. The minimum absolute atomic E-state index is 0.00401. The van der Waals surface area contributed by atoms with Crippen LogP contribution in [0, 0.1) is 12.8 Å². The number of amides is 3. The summed E-state index contributed by atoms with van der Waals surface area (Å²) in [6.45, 7) is 6.02. The number of rotatable bonds is 3. The summed E-state index contributed by atoms with van der Waals surface area (Å²) in [7, 11) is 1.58. The fourth-order valence-corrected chi connectivity index (χ4v) is 3.62. The minimum atomic E-state index is -0.350. The Hall–Kier alpha value is -2.57. The first-order valence-corrected chi connectivity index (χ1v) is 8.90. The molecule has 140 valence electrons. The normalized spacial score (nSPS) is 20.5. The van der Waals surface area contributed by atoms with E-state index in [-0.39, 0.29) is 30.1 Å². The van der Waals surface area contributed by atoms with Crippen LogP contribution >= 0.6 is 0 Å². The fourth-order valence-electron chi connectivity index (χ4n) is 3.62. The van der Waals surface area contributed by atoms with E-state index in [0.29, 0.717) is 44.2 Å². The molecule has 2 aliphatic rings. The van der Waals surface area contributed by atoms with Crippen LogP contribution in [0.2, 0.25) is 0 Å². The van der Waals surface area contributed by atoms with E-state index in [1.54, 1.807) is 28.7 Å². The molecule has 0 aliphatic carbocycles. The minimum Gasteiger partial charge on any atom is -0.495 e. The molecule has 7 heteroatoms. The van der Waals surface area contributed by atoms with E-state index in [2.05, 4.69) is 0 Å². The summed E-state index contributed by atoms with van der Waals surface area (Å²) in [5.74, 6) is 0.250. The molecule has 2 aliphatic heterocycles. The Morgan fingerprint density at radius 2 is 1.77 bits per heavy atom. The van der Waals surface area contributed by atoms with Crippen molar-refractivity contribution in [3.63, 3.8) is 0 Å². The number of nitrogens with zero attached hydrogens (tertiary/aromatic N) is 3. The monoisotopic (exact) mass is 359 g/mol. The van der Waals surface area contributed by atoms with Gasteiger partial charge in [-0.3, -0.25) is 14.4 Å². The van der Waals surface area contributed by atoms with Crippen LogP contribution in [0.15, 0.2) is 18.2 Å². The zero-order chi connectivity index (χ0) is 18.8. The largest absolute Gasteiger partial charge is 0.495 e. The molecule has 3 amide bonds. The smallest absolute Gasteiger partial charge is 0.228 e. The van der Waals surface area contributed by atoms with Gasteiger partial charge in [-0.05, 0) is 24.6 Å². The maximum Gasteiger partial charge on any atom is 0.228 e.